The zero-order valence-corrected chi connectivity index (χ0v) is 17.6. The van der Waals surface area contributed by atoms with Crippen molar-refractivity contribution in [3.05, 3.63) is 6.07 Å². The van der Waals surface area contributed by atoms with E-state index in [-0.39, 0.29) is 5.54 Å². The molecule has 3 rings (SSSR count). The fraction of sp³-hybridized carbons (Fsp3) is 0.737. The van der Waals surface area contributed by atoms with Crippen LogP contribution in [0.15, 0.2) is 6.07 Å². The number of hydrogen-bond acceptors (Lipinski definition) is 6. The molecule has 3 heterocycles. The number of thiocarbonyl (C=S) groups is 1. The van der Waals surface area contributed by atoms with Gasteiger partial charge in [-0.2, -0.15) is 9.97 Å². The van der Waals surface area contributed by atoms with Crippen LogP contribution in [0.3, 0.4) is 0 Å². The Kier molecular flexibility index (Phi) is 6.70. The Bertz CT molecular complexity index is 634. The minimum Gasteiger partial charge on any atom is -0.378 e. The Morgan fingerprint density at radius 1 is 0.963 bits per heavy atom. The van der Waals surface area contributed by atoms with E-state index in [0.717, 1.165) is 51.0 Å². The average molecular weight is 393 g/mol. The molecule has 1 aromatic rings. The maximum atomic E-state index is 5.49. The third kappa shape index (κ3) is 6.17. The highest BCUT2D eigenvalue weighted by Gasteiger charge is 2.19. The molecule has 2 aliphatic rings. The summed E-state index contributed by atoms with van der Waals surface area (Å²) in [5.41, 5.74) is -0.112. The second-order valence-corrected chi connectivity index (χ2v) is 8.65. The average Bonchev–Trinajstić information content (AvgIpc) is 2.90. The number of ether oxygens (including phenoxy) is 1. The topological polar surface area (TPSA) is 65.6 Å². The van der Waals surface area contributed by atoms with Gasteiger partial charge < -0.3 is 25.2 Å². The number of hydrogen-bond donors (Lipinski definition) is 2. The largest absolute Gasteiger partial charge is 0.378 e. The van der Waals surface area contributed by atoms with Crippen LogP contribution >= 0.6 is 12.2 Å². The maximum Gasteiger partial charge on any atom is 0.232 e. The minimum atomic E-state index is -0.112. The van der Waals surface area contributed by atoms with Crippen LogP contribution in [-0.2, 0) is 4.74 Å². The first-order chi connectivity index (χ1) is 12.9. The SMILES string of the molecule is CC(C)(C)NC(=S)Nc1nc(N2CCCCCC2)cc(N2CCOCC2)n1. The summed E-state index contributed by atoms with van der Waals surface area (Å²) < 4.78 is 5.49. The van der Waals surface area contributed by atoms with Gasteiger partial charge in [0, 0.05) is 37.8 Å². The van der Waals surface area contributed by atoms with Crippen LogP contribution in [0.5, 0.6) is 0 Å². The molecule has 2 aliphatic heterocycles. The summed E-state index contributed by atoms with van der Waals surface area (Å²) in [7, 11) is 0. The van der Waals surface area contributed by atoms with Gasteiger partial charge in [0.25, 0.3) is 0 Å². The van der Waals surface area contributed by atoms with E-state index in [1.807, 2.05) is 0 Å². The lowest BCUT2D eigenvalue weighted by Gasteiger charge is -2.30. The molecule has 7 nitrogen and oxygen atoms in total. The second kappa shape index (κ2) is 9.01. The fourth-order valence-electron chi connectivity index (χ4n) is 3.37. The van der Waals surface area contributed by atoms with Crippen molar-refractivity contribution in [3.63, 3.8) is 0 Å². The number of rotatable bonds is 3. The van der Waals surface area contributed by atoms with Crippen molar-refractivity contribution < 1.29 is 4.74 Å². The first-order valence-corrected chi connectivity index (χ1v) is 10.4. The van der Waals surface area contributed by atoms with Crippen LogP contribution in [0, 0.1) is 0 Å². The Hall–Kier alpha value is -1.67. The van der Waals surface area contributed by atoms with Gasteiger partial charge in [0.1, 0.15) is 11.6 Å². The van der Waals surface area contributed by atoms with Gasteiger partial charge in [-0.05, 0) is 45.8 Å². The zero-order valence-electron chi connectivity index (χ0n) is 16.8. The van der Waals surface area contributed by atoms with E-state index >= 15 is 0 Å². The molecular weight excluding hydrogens is 360 g/mol. The molecule has 8 heteroatoms. The predicted octanol–water partition coefficient (Wildman–Crippen LogP) is 2.78. The van der Waals surface area contributed by atoms with Crippen LogP contribution in [0.25, 0.3) is 0 Å². The Labute approximate surface area is 167 Å². The lowest BCUT2D eigenvalue weighted by atomic mass is 10.1. The molecule has 0 spiro atoms. The van der Waals surface area contributed by atoms with E-state index in [9.17, 15) is 0 Å². The summed E-state index contributed by atoms with van der Waals surface area (Å²) in [4.78, 5) is 14.2. The molecule has 2 N–H and O–H groups in total. The Balaban J connectivity index is 1.84. The summed E-state index contributed by atoms with van der Waals surface area (Å²) in [6, 6.07) is 2.11. The van der Waals surface area contributed by atoms with E-state index in [4.69, 9.17) is 26.9 Å². The quantitative estimate of drug-likeness (QED) is 0.762. The van der Waals surface area contributed by atoms with Crippen LogP contribution < -0.4 is 20.4 Å². The van der Waals surface area contributed by atoms with Gasteiger partial charge in [-0.15, -0.1) is 0 Å². The maximum absolute atomic E-state index is 5.49. The second-order valence-electron chi connectivity index (χ2n) is 8.24. The van der Waals surface area contributed by atoms with Crippen molar-refractivity contribution in [1.82, 2.24) is 15.3 Å². The Morgan fingerprint density at radius 3 is 2.07 bits per heavy atom. The highest BCUT2D eigenvalue weighted by Crippen LogP contribution is 2.24. The van der Waals surface area contributed by atoms with E-state index in [0.29, 0.717) is 11.1 Å². The van der Waals surface area contributed by atoms with Crippen LogP contribution in [0.2, 0.25) is 0 Å². The van der Waals surface area contributed by atoms with E-state index in [1.54, 1.807) is 0 Å². The minimum absolute atomic E-state index is 0.112. The molecule has 2 saturated heterocycles. The van der Waals surface area contributed by atoms with Crippen molar-refractivity contribution in [1.29, 1.82) is 0 Å². The van der Waals surface area contributed by atoms with E-state index in [2.05, 4.69) is 47.3 Å². The number of anilines is 3. The first-order valence-electron chi connectivity index (χ1n) is 9.97. The molecule has 0 radical (unpaired) electrons. The number of nitrogens with one attached hydrogen (secondary N) is 2. The lowest BCUT2D eigenvalue weighted by Crippen LogP contribution is -2.43. The highest BCUT2D eigenvalue weighted by molar-refractivity contribution is 7.80. The van der Waals surface area contributed by atoms with Crippen molar-refractivity contribution in [2.24, 2.45) is 0 Å². The van der Waals surface area contributed by atoms with E-state index < -0.39 is 0 Å². The normalized spacial score (nSPS) is 18.8. The fourth-order valence-corrected chi connectivity index (χ4v) is 3.77. The van der Waals surface area contributed by atoms with Crippen molar-refractivity contribution >= 4 is 34.9 Å². The molecule has 1 aromatic heterocycles. The molecule has 0 bridgehead atoms. The standard InChI is InChI=1S/C19H32N6OS/c1-19(2,3)23-18(27)22-17-20-15(24-8-6-4-5-7-9-24)14-16(21-17)25-10-12-26-13-11-25/h14H,4-13H2,1-3H3,(H2,20,21,22,23,27). The van der Waals surface area contributed by atoms with Gasteiger partial charge in [0.05, 0.1) is 13.2 Å². The van der Waals surface area contributed by atoms with Gasteiger partial charge in [-0.3, -0.25) is 0 Å². The molecule has 0 atom stereocenters. The van der Waals surface area contributed by atoms with Crippen molar-refractivity contribution in [3.8, 4) is 0 Å². The molecule has 0 amide bonds. The first kappa shape index (κ1) is 20.1. The zero-order chi connectivity index (χ0) is 19.3. The summed E-state index contributed by atoms with van der Waals surface area (Å²) in [6.45, 7) is 11.5. The van der Waals surface area contributed by atoms with Crippen LogP contribution in [0.4, 0.5) is 17.6 Å². The molecule has 0 saturated carbocycles. The Morgan fingerprint density at radius 2 is 1.52 bits per heavy atom. The number of nitrogens with zero attached hydrogens (tertiary/aromatic N) is 4. The van der Waals surface area contributed by atoms with Gasteiger partial charge in [-0.25, -0.2) is 0 Å². The monoisotopic (exact) mass is 392 g/mol. The summed E-state index contributed by atoms with van der Waals surface area (Å²) in [6.07, 6.45) is 5.01. The van der Waals surface area contributed by atoms with Crippen molar-refractivity contribution in [2.45, 2.75) is 52.0 Å². The highest BCUT2D eigenvalue weighted by atomic mass is 32.1. The van der Waals surface area contributed by atoms with Crippen LogP contribution in [0.1, 0.15) is 46.5 Å². The smallest absolute Gasteiger partial charge is 0.232 e. The van der Waals surface area contributed by atoms with Crippen LogP contribution in [-0.4, -0.2) is 60.0 Å². The molecule has 150 valence electrons. The summed E-state index contributed by atoms with van der Waals surface area (Å²) >= 11 is 5.46. The molecule has 0 aromatic carbocycles. The van der Waals surface area contributed by atoms with E-state index in [1.165, 1.54) is 25.7 Å². The molecule has 27 heavy (non-hydrogen) atoms. The van der Waals surface area contributed by atoms with Gasteiger partial charge in [0.15, 0.2) is 5.11 Å². The summed E-state index contributed by atoms with van der Waals surface area (Å²) in [5, 5.41) is 7.00. The van der Waals surface area contributed by atoms with Crippen molar-refractivity contribution in [2.75, 3.05) is 54.5 Å². The molecule has 2 fully saturated rings. The third-order valence-corrected chi connectivity index (χ3v) is 4.88. The van der Waals surface area contributed by atoms with Gasteiger partial charge in [-0.1, -0.05) is 12.8 Å². The molecule has 0 aliphatic carbocycles. The van der Waals surface area contributed by atoms with Gasteiger partial charge in [0.2, 0.25) is 5.95 Å². The number of morpholine rings is 1. The third-order valence-electron chi connectivity index (χ3n) is 4.68. The summed E-state index contributed by atoms with van der Waals surface area (Å²) in [5.74, 6) is 2.48. The number of aromatic nitrogens is 2. The molecule has 0 unspecified atom stereocenters. The van der Waals surface area contributed by atoms with Gasteiger partial charge >= 0.3 is 0 Å². The lowest BCUT2D eigenvalue weighted by molar-refractivity contribution is 0.122. The predicted molar refractivity (Wildman–Crippen MR) is 115 cm³/mol. The molecular formula is C19H32N6OS.